The molecule has 7 heteroatoms. The van der Waals surface area contributed by atoms with Gasteiger partial charge in [-0.25, -0.2) is 13.1 Å². The molecule has 114 valence electrons. The summed E-state index contributed by atoms with van der Waals surface area (Å²) in [5.74, 6) is 0.797. The Morgan fingerprint density at radius 1 is 1.20 bits per heavy atom. The van der Waals surface area contributed by atoms with Crippen molar-refractivity contribution in [3.8, 4) is 11.5 Å². The minimum absolute atomic E-state index is 0.0941. The molecular weight excluding hydrogens is 282 g/mol. The zero-order chi connectivity index (χ0) is 15.6. The van der Waals surface area contributed by atoms with Crippen molar-refractivity contribution in [1.29, 1.82) is 0 Å². The second-order valence-electron chi connectivity index (χ2n) is 5.12. The highest BCUT2D eigenvalue weighted by molar-refractivity contribution is 7.89. The Bertz CT molecular complexity index is 581. The number of hydrogen-bond donors (Lipinski definition) is 2. The second kappa shape index (κ2) is 5.99. The van der Waals surface area contributed by atoms with E-state index in [0.717, 1.165) is 0 Å². The first-order chi connectivity index (χ1) is 9.16. The summed E-state index contributed by atoms with van der Waals surface area (Å²) in [4.78, 5) is 0.0941. The van der Waals surface area contributed by atoms with Gasteiger partial charge >= 0.3 is 0 Å². The third-order valence-corrected chi connectivity index (χ3v) is 4.62. The monoisotopic (exact) mass is 303 g/mol. The molecule has 6 nitrogen and oxygen atoms in total. The number of sulfonamides is 1. The third kappa shape index (κ3) is 3.62. The van der Waals surface area contributed by atoms with E-state index in [0.29, 0.717) is 17.1 Å². The van der Waals surface area contributed by atoms with E-state index in [1.807, 2.05) is 0 Å². The number of benzene rings is 1. The van der Waals surface area contributed by atoms with Gasteiger partial charge in [0.2, 0.25) is 10.0 Å². The average Bonchev–Trinajstić information content (AvgIpc) is 2.36. The van der Waals surface area contributed by atoms with E-state index >= 15 is 0 Å². The summed E-state index contributed by atoms with van der Waals surface area (Å²) in [5, 5.41) is 9.18. The number of nitrogens with one attached hydrogen (secondary N) is 1. The fourth-order valence-corrected chi connectivity index (χ4v) is 3.35. The molecule has 0 atom stereocenters. The van der Waals surface area contributed by atoms with Gasteiger partial charge in [0.15, 0.2) is 11.5 Å². The Hall–Kier alpha value is -1.31. The lowest BCUT2D eigenvalue weighted by molar-refractivity contribution is 0.208. The van der Waals surface area contributed by atoms with E-state index in [9.17, 15) is 13.5 Å². The van der Waals surface area contributed by atoms with Crippen molar-refractivity contribution in [2.45, 2.75) is 31.2 Å². The molecule has 0 fully saturated rings. The van der Waals surface area contributed by atoms with Crippen LogP contribution in [0.4, 0.5) is 0 Å². The van der Waals surface area contributed by atoms with Crippen molar-refractivity contribution in [2.75, 3.05) is 20.8 Å². The molecule has 0 aromatic heterocycles. The van der Waals surface area contributed by atoms with Crippen molar-refractivity contribution >= 4 is 10.0 Å². The topological polar surface area (TPSA) is 84.9 Å². The van der Waals surface area contributed by atoms with Crippen LogP contribution in [0.1, 0.15) is 19.4 Å². The molecule has 0 saturated carbocycles. The molecular formula is C13H21NO5S. The number of aryl methyl sites for hydroxylation is 1. The van der Waals surface area contributed by atoms with Crippen molar-refractivity contribution in [2.24, 2.45) is 0 Å². The van der Waals surface area contributed by atoms with E-state index in [1.165, 1.54) is 20.3 Å². The Morgan fingerprint density at radius 2 is 1.70 bits per heavy atom. The summed E-state index contributed by atoms with van der Waals surface area (Å²) in [6.45, 7) is 4.56. The zero-order valence-electron chi connectivity index (χ0n) is 12.4. The maximum absolute atomic E-state index is 12.4. The van der Waals surface area contributed by atoms with Crippen LogP contribution in [-0.4, -0.2) is 39.9 Å². The van der Waals surface area contributed by atoms with Crippen LogP contribution in [0.2, 0.25) is 0 Å². The van der Waals surface area contributed by atoms with Gasteiger partial charge < -0.3 is 14.6 Å². The first-order valence-corrected chi connectivity index (χ1v) is 7.52. The van der Waals surface area contributed by atoms with Gasteiger partial charge in [-0.15, -0.1) is 0 Å². The standard InChI is InChI=1S/C13H21NO5S/c1-9-6-10(18-4)11(19-5)7-12(9)20(16,17)14-13(2,3)8-15/h6-7,14-15H,8H2,1-5H3. The smallest absolute Gasteiger partial charge is 0.241 e. The molecule has 0 radical (unpaired) electrons. The SMILES string of the molecule is COc1cc(C)c(S(=O)(=O)NC(C)(C)CO)cc1OC. The molecule has 2 N–H and O–H groups in total. The van der Waals surface area contributed by atoms with Gasteiger partial charge in [0, 0.05) is 6.07 Å². The zero-order valence-corrected chi connectivity index (χ0v) is 13.2. The molecule has 0 unspecified atom stereocenters. The predicted molar refractivity (Wildman–Crippen MR) is 75.8 cm³/mol. The highest BCUT2D eigenvalue weighted by Crippen LogP contribution is 2.32. The maximum Gasteiger partial charge on any atom is 0.241 e. The predicted octanol–water partition coefficient (Wildman–Crippen LogP) is 1.06. The van der Waals surface area contributed by atoms with Gasteiger partial charge in [0.1, 0.15) is 0 Å². The molecule has 0 aliphatic carbocycles. The molecule has 1 aromatic rings. The van der Waals surface area contributed by atoms with Crippen LogP contribution in [0, 0.1) is 6.92 Å². The molecule has 1 aromatic carbocycles. The summed E-state index contributed by atoms with van der Waals surface area (Å²) in [5.41, 5.74) is -0.415. The Balaban J connectivity index is 3.32. The van der Waals surface area contributed by atoms with E-state index in [-0.39, 0.29) is 11.5 Å². The molecule has 0 heterocycles. The van der Waals surface area contributed by atoms with Gasteiger partial charge in [-0.3, -0.25) is 0 Å². The van der Waals surface area contributed by atoms with E-state index in [4.69, 9.17) is 9.47 Å². The second-order valence-corrected chi connectivity index (χ2v) is 6.77. The van der Waals surface area contributed by atoms with Gasteiger partial charge in [-0.05, 0) is 32.4 Å². The molecule has 0 aliphatic rings. The van der Waals surface area contributed by atoms with Crippen LogP contribution >= 0.6 is 0 Å². The van der Waals surface area contributed by atoms with Gasteiger partial charge in [-0.1, -0.05) is 0 Å². The molecule has 1 rings (SSSR count). The van der Waals surface area contributed by atoms with Crippen molar-refractivity contribution < 1.29 is 23.0 Å². The highest BCUT2D eigenvalue weighted by Gasteiger charge is 2.27. The molecule has 0 saturated heterocycles. The molecule has 0 spiro atoms. The van der Waals surface area contributed by atoms with Crippen LogP contribution in [-0.2, 0) is 10.0 Å². The number of methoxy groups -OCH3 is 2. The summed E-state index contributed by atoms with van der Waals surface area (Å²) < 4.78 is 37.5. The third-order valence-electron chi connectivity index (χ3n) is 2.78. The summed E-state index contributed by atoms with van der Waals surface area (Å²) in [6.07, 6.45) is 0. The van der Waals surface area contributed by atoms with Crippen LogP contribution in [0.15, 0.2) is 17.0 Å². The van der Waals surface area contributed by atoms with Crippen LogP contribution in [0.25, 0.3) is 0 Å². The summed E-state index contributed by atoms with van der Waals surface area (Å²) in [6, 6.07) is 3.00. The number of ether oxygens (including phenoxy) is 2. The highest BCUT2D eigenvalue weighted by atomic mass is 32.2. The quantitative estimate of drug-likeness (QED) is 0.821. The van der Waals surface area contributed by atoms with E-state index < -0.39 is 15.6 Å². The molecule has 0 amide bonds. The average molecular weight is 303 g/mol. The number of aliphatic hydroxyl groups excluding tert-OH is 1. The van der Waals surface area contributed by atoms with Crippen LogP contribution in [0.5, 0.6) is 11.5 Å². The first-order valence-electron chi connectivity index (χ1n) is 6.04. The van der Waals surface area contributed by atoms with Crippen molar-refractivity contribution in [3.05, 3.63) is 17.7 Å². The molecule has 0 aliphatic heterocycles. The molecule has 0 bridgehead atoms. The lowest BCUT2D eigenvalue weighted by atomic mass is 10.1. The fraction of sp³-hybridized carbons (Fsp3) is 0.538. The summed E-state index contributed by atoms with van der Waals surface area (Å²) >= 11 is 0. The lowest BCUT2D eigenvalue weighted by Gasteiger charge is -2.24. The largest absolute Gasteiger partial charge is 0.493 e. The number of aliphatic hydroxyl groups is 1. The lowest BCUT2D eigenvalue weighted by Crippen LogP contribution is -2.46. The minimum atomic E-state index is -3.76. The van der Waals surface area contributed by atoms with E-state index in [1.54, 1.807) is 26.8 Å². The van der Waals surface area contributed by atoms with Gasteiger partial charge in [-0.2, -0.15) is 0 Å². The van der Waals surface area contributed by atoms with Gasteiger partial charge in [0.05, 0.1) is 31.3 Å². The summed E-state index contributed by atoms with van der Waals surface area (Å²) in [7, 11) is -0.840. The van der Waals surface area contributed by atoms with E-state index in [2.05, 4.69) is 4.72 Å². The number of hydrogen-bond acceptors (Lipinski definition) is 5. The fourth-order valence-electron chi connectivity index (χ4n) is 1.70. The Kier molecular flexibility index (Phi) is 5.01. The van der Waals surface area contributed by atoms with Crippen LogP contribution in [0.3, 0.4) is 0 Å². The van der Waals surface area contributed by atoms with Crippen molar-refractivity contribution in [3.63, 3.8) is 0 Å². The Morgan fingerprint density at radius 3 is 2.15 bits per heavy atom. The van der Waals surface area contributed by atoms with Crippen molar-refractivity contribution in [1.82, 2.24) is 4.72 Å². The first kappa shape index (κ1) is 16.7. The van der Waals surface area contributed by atoms with Crippen LogP contribution < -0.4 is 14.2 Å². The minimum Gasteiger partial charge on any atom is -0.493 e. The normalized spacial score (nSPS) is 12.3. The number of rotatable bonds is 6. The Labute approximate surface area is 119 Å². The maximum atomic E-state index is 12.4. The van der Waals surface area contributed by atoms with Gasteiger partial charge in [0.25, 0.3) is 0 Å². The molecule has 20 heavy (non-hydrogen) atoms.